The molecule has 4 nitrogen and oxygen atoms in total. The maximum atomic E-state index is 8.71. The molecule has 1 aromatic heterocycles. The van der Waals surface area contributed by atoms with Crippen LogP contribution in [0.2, 0.25) is 5.02 Å². The molecule has 0 atom stereocenters. The number of aromatic nitrogens is 2. The number of hydrogen-bond acceptors (Lipinski definition) is 4. The zero-order chi connectivity index (χ0) is 9.97. The Balaban J connectivity index is 2.55. The molecule has 2 aromatic rings. The SMILES string of the molecule is N#Cc1cc(Cl)cc(-c2nnco2)c1. The van der Waals surface area contributed by atoms with Crippen LogP contribution in [0.25, 0.3) is 11.5 Å². The van der Waals surface area contributed by atoms with Gasteiger partial charge in [0.2, 0.25) is 12.3 Å². The van der Waals surface area contributed by atoms with Crippen LogP contribution in [-0.4, -0.2) is 10.2 Å². The molecule has 1 heterocycles. The summed E-state index contributed by atoms with van der Waals surface area (Å²) in [5.74, 6) is 0.351. The fourth-order valence-electron chi connectivity index (χ4n) is 1.08. The molecule has 0 saturated carbocycles. The molecule has 0 unspecified atom stereocenters. The van der Waals surface area contributed by atoms with E-state index in [0.717, 1.165) is 0 Å². The second-order valence-corrected chi connectivity index (χ2v) is 3.02. The minimum absolute atomic E-state index is 0.351. The highest BCUT2D eigenvalue weighted by atomic mass is 35.5. The Morgan fingerprint density at radius 1 is 1.36 bits per heavy atom. The summed E-state index contributed by atoms with van der Waals surface area (Å²) in [6.45, 7) is 0. The lowest BCUT2D eigenvalue weighted by molar-refractivity contribution is 0.568. The zero-order valence-corrected chi connectivity index (χ0v) is 7.69. The standard InChI is InChI=1S/C9H4ClN3O/c10-8-2-6(4-11)1-7(3-8)9-13-12-5-14-9/h1-3,5H. The fourth-order valence-corrected chi connectivity index (χ4v) is 1.31. The van der Waals surface area contributed by atoms with Crippen molar-refractivity contribution in [1.29, 1.82) is 5.26 Å². The summed E-state index contributed by atoms with van der Waals surface area (Å²) >= 11 is 5.80. The summed E-state index contributed by atoms with van der Waals surface area (Å²) in [6, 6.07) is 6.87. The van der Waals surface area contributed by atoms with Crippen LogP contribution < -0.4 is 0 Å². The molecular formula is C9H4ClN3O. The van der Waals surface area contributed by atoms with Crippen LogP contribution in [0.1, 0.15) is 5.56 Å². The van der Waals surface area contributed by atoms with Gasteiger partial charge in [-0.25, -0.2) is 0 Å². The van der Waals surface area contributed by atoms with Gasteiger partial charge in [-0.15, -0.1) is 10.2 Å². The molecule has 0 amide bonds. The lowest BCUT2D eigenvalue weighted by Gasteiger charge is -1.96. The highest BCUT2D eigenvalue weighted by Gasteiger charge is 2.06. The molecule has 0 fully saturated rings. The molecule has 1 aromatic carbocycles. The van der Waals surface area contributed by atoms with Gasteiger partial charge < -0.3 is 4.42 Å². The third-order valence-electron chi connectivity index (χ3n) is 1.63. The normalized spacial score (nSPS) is 9.71. The quantitative estimate of drug-likeness (QED) is 0.717. The first-order chi connectivity index (χ1) is 6.79. The summed E-state index contributed by atoms with van der Waals surface area (Å²) in [4.78, 5) is 0. The number of rotatable bonds is 1. The Hall–Kier alpha value is -1.86. The van der Waals surface area contributed by atoms with Crippen molar-refractivity contribution >= 4 is 11.6 Å². The Morgan fingerprint density at radius 2 is 2.21 bits per heavy atom. The third-order valence-corrected chi connectivity index (χ3v) is 1.85. The molecule has 0 aliphatic heterocycles. The molecule has 0 spiro atoms. The zero-order valence-electron chi connectivity index (χ0n) is 6.94. The molecule has 0 saturated heterocycles. The van der Waals surface area contributed by atoms with E-state index in [0.29, 0.717) is 22.0 Å². The average molecular weight is 206 g/mol. The van der Waals surface area contributed by atoms with Crippen molar-refractivity contribution in [2.24, 2.45) is 0 Å². The predicted octanol–water partition coefficient (Wildman–Crippen LogP) is 2.26. The van der Waals surface area contributed by atoms with Gasteiger partial charge in [0.25, 0.3) is 0 Å². The summed E-state index contributed by atoms with van der Waals surface area (Å²) in [7, 11) is 0. The molecule has 0 N–H and O–H groups in total. The number of benzene rings is 1. The van der Waals surface area contributed by atoms with Crippen molar-refractivity contribution in [3.63, 3.8) is 0 Å². The van der Waals surface area contributed by atoms with E-state index in [-0.39, 0.29) is 0 Å². The smallest absolute Gasteiger partial charge is 0.247 e. The van der Waals surface area contributed by atoms with Crippen LogP contribution in [0.3, 0.4) is 0 Å². The van der Waals surface area contributed by atoms with Crippen molar-refractivity contribution in [1.82, 2.24) is 10.2 Å². The van der Waals surface area contributed by atoms with Crippen LogP contribution in [0.4, 0.5) is 0 Å². The van der Waals surface area contributed by atoms with Crippen molar-refractivity contribution in [3.05, 3.63) is 35.2 Å². The maximum Gasteiger partial charge on any atom is 0.247 e. The minimum Gasteiger partial charge on any atom is -0.423 e. The van der Waals surface area contributed by atoms with Crippen LogP contribution >= 0.6 is 11.6 Å². The largest absolute Gasteiger partial charge is 0.423 e. The number of hydrogen-bond donors (Lipinski definition) is 0. The molecule has 68 valence electrons. The molecule has 0 bridgehead atoms. The minimum atomic E-state index is 0.351. The van der Waals surface area contributed by atoms with Crippen LogP contribution in [0, 0.1) is 11.3 Å². The lowest BCUT2D eigenvalue weighted by atomic mass is 10.1. The van der Waals surface area contributed by atoms with Gasteiger partial charge >= 0.3 is 0 Å². The maximum absolute atomic E-state index is 8.71. The van der Waals surface area contributed by atoms with E-state index in [1.807, 2.05) is 6.07 Å². The molecule has 0 radical (unpaired) electrons. The Morgan fingerprint density at radius 3 is 2.86 bits per heavy atom. The van der Waals surface area contributed by atoms with Gasteiger partial charge in [-0.1, -0.05) is 11.6 Å². The van der Waals surface area contributed by atoms with E-state index in [4.69, 9.17) is 21.3 Å². The van der Waals surface area contributed by atoms with E-state index in [9.17, 15) is 0 Å². The van der Waals surface area contributed by atoms with Gasteiger partial charge in [-0.05, 0) is 18.2 Å². The summed E-state index contributed by atoms with van der Waals surface area (Å²) in [5.41, 5.74) is 1.11. The van der Waals surface area contributed by atoms with Gasteiger partial charge in [-0.3, -0.25) is 0 Å². The van der Waals surface area contributed by atoms with E-state index in [1.165, 1.54) is 6.39 Å². The first kappa shape index (κ1) is 8.73. The average Bonchev–Trinajstić information content (AvgIpc) is 2.69. The Kier molecular flexibility index (Phi) is 2.17. The fraction of sp³-hybridized carbons (Fsp3) is 0. The lowest BCUT2D eigenvalue weighted by Crippen LogP contribution is -1.81. The molecule has 0 aliphatic rings. The highest BCUT2D eigenvalue weighted by molar-refractivity contribution is 6.31. The van der Waals surface area contributed by atoms with Crippen LogP contribution in [0.5, 0.6) is 0 Å². The molecular weight excluding hydrogens is 202 g/mol. The Bertz CT molecular complexity index is 487. The highest BCUT2D eigenvalue weighted by Crippen LogP contribution is 2.22. The van der Waals surface area contributed by atoms with Gasteiger partial charge in [0.1, 0.15) is 0 Å². The number of nitrogens with zero attached hydrogens (tertiary/aromatic N) is 3. The summed E-state index contributed by atoms with van der Waals surface area (Å²) in [6.07, 6.45) is 1.22. The van der Waals surface area contributed by atoms with E-state index in [2.05, 4.69) is 10.2 Å². The summed E-state index contributed by atoms with van der Waals surface area (Å²) < 4.78 is 4.98. The summed E-state index contributed by atoms with van der Waals surface area (Å²) in [5, 5.41) is 16.4. The second-order valence-electron chi connectivity index (χ2n) is 2.58. The van der Waals surface area contributed by atoms with E-state index >= 15 is 0 Å². The van der Waals surface area contributed by atoms with Crippen molar-refractivity contribution in [2.75, 3.05) is 0 Å². The van der Waals surface area contributed by atoms with Crippen molar-refractivity contribution in [3.8, 4) is 17.5 Å². The monoisotopic (exact) mass is 205 g/mol. The van der Waals surface area contributed by atoms with Gasteiger partial charge in [-0.2, -0.15) is 5.26 Å². The third kappa shape index (κ3) is 1.58. The van der Waals surface area contributed by atoms with Crippen LogP contribution in [0.15, 0.2) is 29.0 Å². The predicted molar refractivity (Wildman–Crippen MR) is 49.5 cm³/mol. The Labute approximate surface area is 84.8 Å². The molecule has 14 heavy (non-hydrogen) atoms. The molecule has 0 aliphatic carbocycles. The van der Waals surface area contributed by atoms with E-state index < -0.39 is 0 Å². The van der Waals surface area contributed by atoms with Crippen molar-refractivity contribution in [2.45, 2.75) is 0 Å². The van der Waals surface area contributed by atoms with Gasteiger partial charge in [0, 0.05) is 10.6 Å². The van der Waals surface area contributed by atoms with Gasteiger partial charge in [0.15, 0.2) is 0 Å². The first-order valence-corrected chi connectivity index (χ1v) is 4.14. The van der Waals surface area contributed by atoms with Crippen molar-refractivity contribution < 1.29 is 4.42 Å². The van der Waals surface area contributed by atoms with Crippen LogP contribution in [-0.2, 0) is 0 Å². The van der Waals surface area contributed by atoms with E-state index in [1.54, 1.807) is 18.2 Å². The van der Waals surface area contributed by atoms with Gasteiger partial charge in [0.05, 0.1) is 11.6 Å². The topological polar surface area (TPSA) is 62.7 Å². The first-order valence-electron chi connectivity index (χ1n) is 3.77. The number of halogens is 1. The number of nitriles is 1. The second kappa shape index (κ2) is 3.48. The molecule has 2 rings (SSSR count). The molecule has 5 heteroatoms.